The molecule has 34 valence electrons. The van der Waals surface area contributed by atoms with E-state index in [2.05, 4.69) is 6.07 Å². The van der Waals surface area contributed by atoms with Gasteiger partial charge in [0.1, 0.15) is 0 Å². The molecule has 0 bridgehead atoms. The predicted molar refractivity (Wildman–Crippen MR) is 37.1 cm³/mol. The van der Waals surface area contributed by atoms with Crippen LogP contribution in [0.15, 0.2) is 23.6 Å². The van der Waals surface area contributed by atoms with Crippen LogP contribution in [-0.2, 0) is 0 Å². The van der Waals surface area contributed by atoms with Crippen LogP contribution in [0.3, 0.4) is 0 Å². The fourth-order valence-corrected chi connectivity index (χ4v) is 0.530. The first kappa shape index (κ1) is 8.03. The van der Waals surface area contributed by atoms with Gasteiger partial charge in [0.25, 0.3) is 0 Å². The Morgan fingerprint density at radius 3 is 2.62 bits per heavy atom. The van der Waals surface area contributed by atoms with E-state index in [9.17, 15) is 0 Å². The van der Waals surface area contributed by atoms with E-state index in [-0.39, 0.29) is 29.6 Å². The maximum atomic E-state index is 8.21. The van der Waals surface area contributed by atoms with E-state index in [0.717, 1.165) is 12.8 Å². The van der Waals surface area contributed by atoms with E-state index in [0.29, 0.717) is 0 Å². The van der Waals surface area contributed by atoms with Gasteiger partial charge >= 0.3 is 29.6 Å². The monoisotopic (exact) mass is 113 g/mol. The Morgan fingerprint density at radius 2 is 2.38 bits per heavy atom. The van der Waals surface area contributed by atoms with Crippen LogP contribution < -0.4 is 0 Å². The van der Waals surface area contributed by atoms with Crippen LogP contribution in [0, 0.1) is 11.3 Å². The van der Waals surface area contributed by atoms with Crippen molar-refractivity contribution < 1.29 is 0 Å². The Labute approximate surface area is 71.6 Å². The van der Waals surface area contributed by atoms with Gasteiger partial charge in [-0.1, -0.05) is 12.2 Å². The van der Waals surface area contributed by atoms with E-state index in [1.54, 1.807) is 0 Å². The molecule has 0 spiro atoms. The van der Waals surface area contributed by atoms with Gasteiger partial charge in [-0.05, 0) is 5.47 Å². The molecule has 0 saturated heterocycles. The van der Waals surface area contributed by atoms with Crippen LogP contribution >= 0.6 is 0 Å². The number of nitrogens with zero attached hydrogens (tertiary/aromatic N) is 1. The first-order valence-corrected chi connectivity index (χ1v) is 2.19. The van der Waals surface area contributed by atoms with Crippen molar-refractivity contribution in [2.45, 2.75) is 0 Å². The second-order valence-electron chi connectivity index (χ2n) is 1.44. The number of hydrogen-bond acceptors (Lipinski definition) is 1. The summed E-state index contributed by atoms with van der Waals surface area (Å²) >= 11 is 0. The average molecular weight is 113 g/mol. The van der Waals surface area contributed by atoms with E-state index in [1.165, 1.54) is 0 Å². The molecular formula is C5H5BNNa. The molecule has 0 amide bonds. The van der Waals surface area contributed by atoms with Crippen molar-refractivity contribution in [2.75, 3.05) is 0 Å². The maximum absolute atomic E-state index is 8.21. The van der Waals surface area contributed by atoms with Crippen LogP contribution in [0.5, 0.6) is 0 Å². The van der Waals surface area contributed by atoms with Crippen LogP contribution in [0.2, 0.25) is 0 Å². The van der Waals surface area contributed by atoms with Gasteiger partial charge in [-0.25, -0.2) is 0 Å². The molecule has 0 aromatic carbocycles. The Hall–Kier alpha value is 0.0349. The van der Waals surface area contributed by atoms with Crippen molar-refractivity contribution in [3.05, 3.63) is 23.6 Å². The topological polar surface area (TPSA) is 23.8 Å². The predicted octanol–water partition coefficient (Wildman–Crippen LogP) is -0.291. The molecule has 1 aliphatic heterocycles. The summed E-state index contributed by atoms with van der Waals surface area (Å²) in [6, 6.07) is 2.06. The Bertz CT molecular complexity index is 166. The first-order chi connectivity index (χ1) is 3.43. The third-order valence-corrected chi connectivity index (χ3v) is 0.915. The molecule has 0 atom stereocenters. The molecule has 0 fully saturated rings. The van der Waals surface area contributed by atoms with Gasteiger partial charge in [-0.15, -0.1) is 5.98 Å². The zero-order chi connectivity index (χ0) is 5.11. The van der Waals surface area contributed by atoms with E-state index < -0.39 is 0 Å². The van der Waals surface area contributed by atoms with Crippen molar-refractivity contribution in [2.24, 2.45) is 0 Å². The third-order valence-electron chi connectivity index (χ3n) is 0.915. The zero-order valence-electron chi connectivity index (χ0n) is 3.89. The van der Waals surface area contributed by atoms with Gasteiger partial charge in [0.05, 0.1) is 6.07 Å². The fourth-order valence-electron chi connectivity index (χ4n) is 0.530. The summed E-state index contributed by atoms with van der Waals surface area (Å²) in [5.41, 5.74) is 0.861. The van der Waals surface area contributed by atoms with Crippen molar-refractivity contribution in [3.63, 3.8) is 0 Å². The molecule has 3 heteroatoms. The van der Waals surface area contributed by atoms with Crippen LogP contribution in [0.1, 0.15) is 0 Å². The van der Waals surface area contributed by atoms with Gasteiger partial charge in [0.15, 0.2) is 7.28 Å². The minimum atomic E-state index is 0. The average Bonchev–Trinajstić information content (AvgIpc) is 2.14. The summed E-state index contributed by atoms with van der Waals surface area (Å²) in [6.45, 7) is 0. The molecule has 0 aliphatic carbocycles. The number of hydrogen-bond donors (Lipinski definition) is 0. The third kappa shape index (κ3) is 1.87. The van der Waals surface area contributed by atoms with E-state index >= 15 is 0 Å². The van der Waals surface area contributed by atoms with Gasteiger partial charge in [-0.2, -0.15) is 5.26 Å². The van der Waals surface area contributed by atoms with Crippen molar-refractivity contribution in [1.82, 2.24) is 0 Å². The summed E-state index contributed by atoms with van der Waals surface area (Å²) in [7, 11) is 0.830. The van der Waals surface area contributed by atoms with Crippen LogP contribution in [0.25, 0.3) is 0 Å². The Balaban J connectivity index is 0.000000490. The fraction of sp³-hybridized carbons (Fsp3) is 0. The number of allylic oxidation sites excluding steroid dienone is 3. The van der Waals surface area contributed by atoms with E-state index in [4.69, 9.17) is 5.26 Å². The molecule has 0 aromatic rings. The standard InChI is InChI=1S/C5H4BN.Na.H/c7-4-5-2-1-3-6-5;;/h1-3,6H;;. The molecule has 1 rings (SSSR count). The summed E-state index contributed by atoms with van der Waals surface area (Å²) in [4.78, 5) is 0. The molecule has 0 aromatic heterocycles. The van der Waals surface area contributed by atoms with Gasteiger partial charge in [-0.3, -0.25) is 0 Å². The second-order valence-corrected chi connectivity index (χ2v) is 1.44. The minimum absolute atomic E-state index is 0. The number of rotatable bonds is 0. The molecule has 0 saturated carbocycles. The Kier molecular flexibility index (Phi) is 3.99. The number of nitriles is 1. The molecule has 8 heavy (non-hydrogen) atoms. The van der Waals surface area contributed by atoms with Gasteiger partial charge in [0.2, 0.25) is 0 Å². The quantitative estimate of drug-likeness (QED) is 0.396. The molecule has 0 N–H and O–H groups in total. The van der Waals surface area contributed by atoms with Crippen LogP contribution in [0.4, 0.5) is 0 Å². The van der Waals surface area contributed by atoms with Crippen LogP contribution in [-0.4, -0.2) is 36.8 Å². The summed E-state index contributed by atoms with van der Waals surface area (Å²) in [5.74, 6) is 1.97. The van der Waals surface area contributed by atoms with Crippen molar-refractivity contribution >= 4 is 36.8 Å². The van der Waals surface area contributed by atoms with Crippen molar-refractivity contribution in [1.29, 1.82) is 5.26 Å². The summed E-state index contributed by atoms with van der Waals surface area (Å²) < 4.78 is 0. The zero-order valence-corrected chi connectivity index (χ0v) is 3.89. The second kappa shape index (κ2) is 3.97. The molecular weight excluding hydrogens is 108 g/mol. The summed E-state index contributed by atoms with van der Waals surface area (Å²) in [6.07, 6.45) is 3.73. The normalized spacial score (nSPS) is 13.1. The first-order valence-electron chi connectivity index (χ1n) is 2.19. The van der Waals surface area contributed by atoms with Gasteiger partial charge in [0, 0.05) is 0 Å². The molecule has 1 heterocycles. The van der Waals surface area contributed by atoms with E-state index in [1.807, 2.05) is 18.1 Å². The Morgan fingerprint density at radius 1 is 1.62 bits per heavy atom. The molecule has 0 unspecified atom stereocenters. The summed E-state index contributed by atoms with van der Waals surface area (Å²) in [5, 5.41) is 8.21. The SMILES string of the molecule is N#CC1=CC=CB1.[NaH]. The molecule has 1 nitrogen and oxygen atoms in total. The van der Waals surface area contributed by atoms with Crippen molar-refractivity contribution in [3.8, 4) is 6.07 Å². The van der Waals surface area contributed by atoms with Gasteiger partial charge < -0.3 is 0 Å². The molecule has 0 radical (unpaired) electrons. The molecule has 1 aliphatic rings.